The summed E-state index contributed by atoms with van der Waals surface area (Å²) >= 11 is 1.42. The Balaban J connectivity index is 1.81. The zero-order valence-corrected chi connectivity index (χ0v) is 13.0. The van der Waals surface area contributed by atoms with Crippen molar-refractivity contribution in [3.05, 3.63) is 47.8 Å². The number of benzene rings is 1. The molecule has 0 amide bonds. The molecule has 0 unspecified atom stereocenters. The Morgan fingerprint density at radius 2 is 1.96 bits per heavy atom. The van der Waals surface area contributed by atoms with E-state index in [2.05, 4.69) is 5.32 Å². The quantitative estimate of drug-likeness (QED) is 0.615. The van der Waals surface area contributed by atoms with Crippen molar-refractivity contribution in [2.24, 2.45) is 7.05 Å². The molecular weight excluding hydrogens is 329 g/mol. The summed E-state index contributed by atoms with van der Waals surface area (Å²) in [7, 11) is 1.64. The zero-order chi connectivity index (χ0) is 17.0. The molecule has 0 radical (unpaired) electrons. The lowest BCUT2D eigenvalue weighted by atomic mass is 10.2. The van der Waals surface area contributed by atoms with E-state index in [-0.39, 0.29) is 5.69 Å². The molecule has 0 saturated heterocycles. The van der Waals surface area contributed by atoms with Gasteiger partial charge in [0.2, 0.25) is 0 Å². The van der Waals surface area contributed by atoms with E-state index < -0.39 is 17.7 Å². The van der Waals surface area contributed by atoms with Crippen LogP contribution in [-0.4, -0.2) is 27.9 Å². The number of nitrogens with zero attached hydrogens (tertiary/aromatic N) is 1. The molecule has 0 aliphatic carbocycles. The van der Waals surface area contributed by atoms with Crippen LogP contribution < -0.4 is 5.32 Å². The number of thioether (sulfide) groups is 1. The Bertz CT molecular complexity index is 681. The van der Waals surface area contributed by atoms with E-state index in [4.69, 9.17) is 5.11 Å². The average Bonchev–Trinajstić information content (AvgIpc) is 2.84. The molecule has 2 aromatic rings. The molecule has 0 aliphatic rings. The molecule has 0 fully saturated rings. The second kappa shape index (κ2) is 6.99. The van der Waals surface area contributed by atoms with Gasteiger partial charge in [-0.1, -0.05) is 0 Å². The number of halogens is 3. The average molecular weight is 344 g/mol. The molecule has 0 spiro atoms. The number of aryl methyl sites for hydroxylation is 1. The molecule has 4 nitrogen and oxygen atoms in total. The largest absolute Gasteiger partial charge is 0.477 e. The maximum atomic E-state index is 12.4. The predicted octanol–water partition coefficient (Wildman–Crippen LogP) is 3.95. The first-order valence-electron chi connectivity index (χ1n) is 6.71. The maximum absolute atomic E-state index is 12.4. The summed E-state index contributed by atoms with van der Waals surface area (Å²) < 4.78 is 38.8. The van der Waals surface area contributed by atoms with Crippen molar-refractivity contribution >= 4 is 23.4 Å². The summed E-state index contributed by atoms with van der Waals surface area (Å²) in [6, 6.07) is 6.54. The van der Waals surface area contributed by atoms with E-state index in [1.54, 1.807) is 13.2 Å². The highest BCUT2D eigenvalue weighted by molar-refractivity contribution is 7.99. The Morgan fingerprint density at radius 3 is 2.48 bits per heavy atom. The highest BCUT2D eigenvalue weighted by Gasteiger charge is 2.29. The van der Waals surface area contributed by atoms with Crippen LogP contribution in [-0.2, 0) is 13.2 Å². The molecule has 0 saturated carbocycles. The van der Waals surface area contributed by atoms with Crippen LogP contribution in [0, 0.1) is 0 Å². The lowest BCUT2D eigenvalue weighted by molar-refractivity contribution is -0.137. The summed E-state index contributed by atoms with van der Waals surface area (Å²) in [6.45, 7) is 0.564. The third-order valence-corrected chi connectivity index (χ3v) is 4.12. The molecule has 8 heteroatoms. The third-order valence-electron chi connectivity index (χ3n) is 3.11. The van der Waals surface area contributed by atoms with E-state index in [1.165, 1.54) is 34.5 Å². The van der Waals surface area contributed by atoms with Crippen molar-refractivity contribution in [3.8, 4) is 0 Å². The second-order valence-corrected chi connectivity index (χ2v) is 6.00. The van der Waals surface area contributed by atoms with Crippen LogP contribution in [0.5, 0.6) is 0 Å². The number of hydrogen-bond acceptors (Lipinski definition) is 3. The molecule has 2 N–H and O–H groups in total. The lowest BCUT2D eigenvalue weighted by Gasteiger charge is -2.08. The number of aromatic carboxylic acids is 1. The van der Waals surface area contributed by atoms with Crippen LogP contribution in [0.15, 0.2) is 41.4 Å². The second-order valence-electron chi connectivity index (χ2n) is 4.83. The highest BCUT2D eigenvalue weighted by atomic mass is 32.2. The van der Waals surface area contributed by atoms with Gasteiger partial charge in [0, 0.05) is 30.4 Å². The summed E-state index contributed by atoms with van der Waals surface area (Å²) in [5.41, 5.74) is 0.214. The fraction of sp³-hybridized carbons (Fsp3) is 0.267. The van der Waals surface area contributed by atoms with E-state index >= 15 is 0 Å². The minimum absolute atomic E-state index is 0.183. The Labute approximate surface area is 135 Å². The van der Waals surface area contributed by atoms with Gasteiger partial charge in [-0.3, -0.25) is 0 Å². The molecule has 1 heterocycles. The van der Waals surface area contributed by atoms with Gasteiger partial charge in [0.25, 0.3) is 0 Å². The van der Waals surface area contributed by atoms with Crippen molar-refractivity contribution in [1.82, 2.24) is 4.57 Å². The normalized spacial score (nSPS) is 11.5. The molecule has 0 aliphatic heterocycles. The summed E-state index contributed by atoms with van der Waals surface area (Å²) in [6.07, 6.45) is -2.65. The number of carboxylic acids is 1. The number of carbonyl (C=O) groups is 1. The first-order chi connectivity index (χ1) is 10.8. The highest BCUT2D eigenvalue weighted by Crippen LogP contribution is 2.30. The molecule has 0 atom stereocenters. The molecule has 1 aromatic carbocycles. The first kappa shape index (κ1) is 17.3. The number of aromatic nitrogens is 1. The van der Waals surface area contributed by atoms with Gasteiger partial charge in [0.15, 0.2) is 0 Å². The maximum Gasteiger partial charge on any atom is 0.416 e. The Kier molecular flexibility index (Phi) is 5.25. The van der Waals surface area contributed by atoms with Gasteiger partial charge in [-0.2, -0.15) is 13.2 Å². The van der Waals surface area contributed by atoms with Crippen molar-refractivity contribution in [3.63, 3.8) is 0 Å². The van der Waals surface area contributed by atoms with Gasteiger partial charge < -0.3 is 15.0 Å². The van der Waals surface area contributed by atoms with Gasteiger partial charge in [0.1, 0.15) is 5.69 Å². The molecule has 0 bridgehead atoms. The smallest absolute Gasteiger partial charge is 0.416 e. The van der Waals surface area contributed by atoms with E-state index in [1.807, 2.05) is 0 Å². The molecule has 1 aromatic heterocycles. The molecule has 23 heavy (non-hydrogen) atoms. The summed E-state index contributed by atoms with van der Waals surface area (Å²) in [5, 5.41) is 12.0. The zero-order valence-electron chi connectivity index (χ0n) is 12.2. The molecule has 2 rings (SSSR count). The topological polar surface area (TPSA) is 54.3 Å². The SMILES string of the molecule is Cn1cc(NCCSc2ccc(C(F)(F)F)cc2)cc1C(=O)O. The van der Waals surface area contributed by atoms with Gasteiger partial charge in [-0.05, 0) is 30.3 Å². The standard InChI is InChI=1S/C15H15F3N2O2S/c1-20-9-11(8-13(20)14(21)22)19-6-7-23-12-4-2-10(3-5-12)15(16,17)18/h2-5,8-9,19H,6-7H2,1H3,(H,21,22). The number of anilines is 1. The monoisotopic (exact) mass is 344 g/mol. The fourth-order valence-electron chi connectivity index (χ4n) is 1.98. The summed E-state index contributed by atoms with van der Waals surface area (Å²) in [4.78, 5) is 11.7. The van der Waals surface area contributed by atoms with Gasteiger partial charge in [-0.15, -0.1) is 11.8 Å². The minimum Gasteiger partial charge on any atom is -0.477 e. The van der Waals surface area contributed by atoms with Crippen molar-refractivity contribution in [1.29, 1.82) is 0 Å². The van der Waals surface area contributed by atoms with Crippen molar-refractivity contribution < 1.29 is 23.1 Å². The Morgan fingerprint density at radius 1 is 1.30 bits per heavy atom. The number of alkyl halides is 3. The van der Waals surface area contributed by atoms with Crippen LogP contribution in [0.4, 0.5) is 18.9 Å². The van der Waals surface area contributed by atoms with Crippen LogP contribution in [0.1, 0.15) is 16.1 Å². The van der Waals surface area contributed by atoms with Gasteiger partial charge >= 0.3 is 12.1 Å². The van der Waals surface area contributed by atoms with Crippen LogP contribution in [0.25, 0.3) is 0 Å². The lowest BCUT2D eigenvalue weighted by Crippen LogP contribution is -2.04. The fourth-order valence-corrected chi connectivity index (χ4v) is 2.75. The number of carboxylic acid groups (broad SMARTS) is 1. The molecular formula is C15H15F3N2O2S. The third kappa shape index (κ3) is 4.69. The van der Waals surface area contributed by atoms with Gasteiger partial charge in [0.05, 0.1) is 11.3 Å². The van der Waals surface area contributed by atoms with Crippen LogP contribution >= 0.6 is 11.8 Å². The Hall–Kier alpha value is -2.09. The van der Waals surface area contributed by atoms with Gasteiger partial charge in [-0.25, -0.2) is 4.79 Å². The number of hydrogen-bond donors (Lipinski definition) is 2. The van der Waals surface area contributed by atoms with E-state index in [0.717, 1.165) is 17.0 Å². The number of rotatable bonds is 6. The predicted molar refractivity (Wildman–Crippen MR) is 83.0 cm³/mol. The number of nitrogens with one attached hydrogen (secondary N) is 1. The minimum atomic E-state index is -4.32. The van der Waals surface area contributed by atoms with E-state index in [0.29, 0.717) is 18.0 Å². The molecule has 124 valence electrons. The van der Waals surface area contributed by atoms with Crippen LogP contribution in [0.2, 0.25) is 0 Å². The summed E-state index contributed by atoms with van der Waals surface area (Å²) in [5.74, 6) is -0.359. The van der Waals surface area contributed by atoms with E-state index in [9.17, 15) is 18.0 Å². The van der Waals surface area contributed by atoms with Crippen molar-refractivity contribution in [2.75, 3.05) is 17.6 Å². The van der Waals surface area contributed by atoms with Crippen molar-refractivity contribution in [2.45, 2.75) is 11.1 Å². The van der Waals surface area contributed by atoms with Crippen LogP contribution in [0.3, 0.4) is 0 Å². The first-order valence-corrected chi connectivity index (χ1v) is 7.69.